The third kappa shape index (κ3) is 3.07. The normalized spacial score (nSPS) is 21.6. The molecule has 0 aromatic heterocycles. The van der Waals surface area contributed by atoms with Crippen molar-refractivity contribution in [1.82, 2.24) is 10.2 Å². The third-order valence-corrected chi connectivity index (χ3v) is 5.27. The van der Waals surface area contributed by atoms with Crippen molar-refractivity contribution in [1.29, 1.82) is 0 Å². The largest absolute Gasteiger partial charge is 0.311 e. The molecule has 2 aliphatic rings. The number of nitrogens with zero attached hydrogens (tertiary/aromatic N) is 1. The summed E-state index contributed by atoms with van der Waals surface area (Å²) in [4.78, 5) is 2.44. The van der Waals surface area contributed by atoms with Gasteiger partial charge in [0.05, 0.1) is 0 Å². The Balaban J connectivity index is 1.55. The van der Waals surface area contributed by atoms with Gasteiger partial charge in [0.15, 0.2) is 0 Å². The fourth-order valence-corrected chi connectivity index (χ4v) is 3.63. The standard InChI is InChI=1S/C18H28N2/c1-20(2)18(10-3-4-11-18)14-19-13-15-6-5-7-17(12-15)16-8-9-16/h5-7,12,16,19H,3-4,8-11,13-14H2,1-2H3. The van der Waals surface area contributed by atoms with Crippen LogP contribution in [0.1, 0.15) is 55.6 Å². The van der Waals surface area contributed by atoms with E-state index >= 15 is 0 Å². The van der Waals surface area contributed by atoms with Gasteiger partial charge in [-0.1, -0.05) is 37.1 Å². The van der Waals surface area contributed by atoms with Gasteiger partial charge in [0.25, 0.3) is 0 Å². The van der Waals surface area contributed by atoms with Gasteiger partial charge in [0, 0.05) is 18.6 Å². The van der Waals surface area contributed by atoms with E-state index in [0.29, 0.717) is 5.54 Å². The van der Waals surface area contributed by atoms with Crippen LogP contribution >= 0.6 is 0 Å². The second-order valence-corrected chi connectivity index (χ2v) is 6.95. The predicted octanol–water partition coefficient (Wildman–Crippen LogP) is 3.53. The van der Waals surface area contributed by atoms with Crippen LogP contribution in [-0.4, -0.2) is 31.1 Å². The van der Waals surface area contributed by atoms with E-state index in [9.17, 15) is 0 Å². The van der Waals surface area contributed by atoms with Crippen LogP contribution in [0, 0.1) is 0 Å². The maximum absolute atomic E-state index is 3.71. The number of benzene rings is 1. The van der Waals surface area contributed by atoms with Gasteiger partial charge < -0.3 is 10.2 Å². The highest BCUT2D eigenvalue weighted by Crippen LogP contribution is 2.40. The Labute approximate surface area is 123 Å². The molecule has 0 spiro atoms. The molecule has 110 valence electrons. The number of hydrogen-bond acceptors (Lipinski definition) is 2. The molecular weight excluding hydrogens is 244 g/mol. The van der Waals surface area contributed by atoms with E-state index in [2.05, 4.69) is 48.6 Å². The first kappa shape index (κ1) is 14.1. The lowest BCUT2D eigenvalue weighted by Gasteiger charge is -2.36. The van der Waals surface area contributed by atoms with Crippen LogP contribution < -0.4 is 5.32 Å². The summed E-state index contributed by atoms with van der Waals surface area (Å²) in [5.74, 6) is 0.859. The second-order valence-electron chi connectivity index (χ2n) is 6.95. The molecule has 0 heterocycles. The molecule has 3 rings (SSSR count). The van der Waals surface area contributed by atoms with Crippen molar-refractivity contribution in [3.63, 3.8) is 0 Å². The Kier molecular flexibility index (Phi) is 4.13. The summed E-state index contributed by atoms with van der Waals surface area (Å²) in [6.07, 6.45) is 8.24. The summed E-state index contributed by atoms with van der Waals surface area (Å²) in [6, 6.07) is 9.18. The highest BCUT2D eigenvalue weighted by molar-refractivity contribution is 5.29. The first-order valence-electron chi connectivity index (χ1n) is 8.17. The molecule has 0 amide bonds. The van der Waals surface area contributed by atoms with Crippen molar-refractivity contribution >= 4 is 0 Å². The molecule has 2 heteroatoms. The van der Waals surface area contributed by atoms with Gasteiger partial charge in [-0.2, -0.15) is 0 Å². The lowest BCUT2D eigenvalue weighted by molar-refractivity contribution is 0.153. The molecule has 0 unspecified atom stereocenters. The van der Waals surface area contributed by atoms with Crippen LogP contribution in [0.3, 0.4) is 0 Å². The van der Waals surface area contributed by atoms with Crippen molar-refractivity contribution in [3.05, 3.63) is 35.4 Å². The zero-order valence-corrected chi connectivity index (χ0v) is 13.0. The molecule has 2 aliphatic carbocycles. The predicted molar refractivity (Wildman–Crippen MR) is 85.0 cm³/mol. The highest BCUT2D eigenvalue weighted by atomic mass is 15.2. The zero-order chi connectivity index (χ0) is 14.0. The molecule has 2 saturated carbocycles. The molecule has 0 bridgehead atoms. The average Bonchev–Trinajstić information content (AvgIpc) is 3.19. The lowest BCUT2D eigenvalue weighted by Crippen LogP contribution is -2.49. The van der Waals surface area contributed by atoms with Gasteiger partial charge in [-0.3, -0.25) is 0 Å². The third-order valence-electron chi connectivity index (χ3n) is 5.27. The summed E-state index contributed by atoms with van der Waals surface area (Å²) in [6.45, 7) is 2.13. The van der Waals surface area contributed by atoms with Gasteiger partial charge in [0.1, 0.15) is 0 Å². The first-order valence-corrected chi connectivity index (χ1v) is 8.17. The second kappa shape index (κ2) is 5.87. The molecule has 0 saturated heterocycles. The van der Waals surface area contributed by atoms with E-state index in [1.165, 1.54) is 44.1 Å². The molecular formula is C18H28N2. The molecule has 1 aromatic carbocycles. The Morgan fingerprint density at radius 2 is 1.95 bits per heavy atom. The molecule has 2 nitrogen and oxygen atoms in total. The van der Waals surface area contributed by atoms with Crippen molar-refractivity contribution in [3.8, 4) is 0 Å². The van der Waals surface area contributed by atoms with E-state index in [4.69, 9.17) is 0 Å². The molecule has 0 radical (unpaired) electrons. The number of rotatable bonds is 6. The maximum atomic E-state index is 3.71. The van der Waals surface area contributed by atoms with Crippen LogP contribution in [0.25, 0.3) is 0 Å². The summed E-state index contributed by atoms with van der Waals surface area (Å²) < 4.78 is 0. The van der Waals surface area contributed by atoms with Crippen molar-refractivity contribution < 1.29 is 0 Å². The van der Waals surface area contributed by atoms with Crippen LogP contribution in [0.4, 0.5) is 0 Å². The first-order chi connectivity index (χ1) is 9.70. The summed E-state index contributed by atoms with van der Waals surface area (Å²) in [7, 11) is 4.47. The van der Waals surface area contributed by atoms with Crippen LogP contribution in [-0.2, 0) is 6.54 Å². The van der Waals surface area contributed by atoms with Gasteiger partial charge in [-0.05, 0) is 56.8 Å². The SMILES string of the molecule is CN(C)C1(CNCc2cccc(C3CC3)c2)CCCC1. The number of likely N-dealkylation sites (N-methyl/N-ethyl adjacent to an activating group) is 1. The summed E-state index contributed by atoms with van der Waals surface area (Å²) in [5.41, 5.74) is 3.39. The monoisotopic (exact) mass is 272 g/mol. The minimum absolute atomic E-state index is 0.397. The summed E-state index contributed by atoms with van der Waals surface area (Å²) in [5, 5.41) is 3.71. The lowest BCUT2D eigenvalue weighted by atomic mass is 9.96. The smallest absolute Gasteiger partial charge is 0.0328 e. The van der Waals surface area contributed by atoms with Crippen molar-refractivity contribution in [2.75, 3.05) is 20.6 Å². The van der Waals surface area contributed by atoms with E-state index in [0.717, 1.165) is 19.0 Å². The van der Waals surface area contributed by atoms with E-state index < -0.39 is 0 Å². The average molecular weight is 272 g/mol. The fourth-order valence-electron chi connectivity index (χ4n) is 3.63. The van der Waals surface area contributed by atoms with Crippen LogP contribution in [0.15, 0.2) is 24.3 Å². The molecule has 0 atom stereocenters. The van der Waals surface area contributed by atoms with Crippen molar-refractivity contribution in [2.24, 2.45) is 0 Å². The van der Waals surface area contributed by atoms with E-state index in [1.54, 1.807) is 5.56 Å². The molecule has 1 N–H and O–H groups in total. The number of nitrogens with one attached hydrogen (secondary N) is 1. The van der Waals surface area contributed by atoms with Crippen LogP contribution in [0.5, 0.6) is 0 Å². The molecule has 20 heavy (non-hydrogen) atoms. The Morgan fingerprint density at radius 3 is 2.60 bits per heavy atom. The van der Waals surface area contributed by atoms with Gasteiger partial charge in [0.2, 0.25) is 0 Å². The van der Waals surface area contributed by atoms with E-state index in [1.807, 2.05) is 0 Å². The molecule has 1 aromatic rings. The summed E-state index contributed by atoms with van der Waals surface area (Å²) >= 11 is 0. The molecule has 0 aliphatic heterocycles. The van der Waals surface area contributed by atoms with Gasteiger partial charge in [-0.15, -0.1) is 0 Å². The van der Waals surface area contributed by atoms with Gasteiger partial charge >= 0.3 is 0 Å². The van der Waals surface area contributed by atoms with Crippen LogP contribution in [0.2, 0.25) is 0 Å². The fraction of sp³-hybridized carbons (Fsp3) is 0.667. The van der Waals surface area contributed by atoms with Gasteiger partial charge in [-0.25, -0.2) is 0 Å². The highest BCUT2D eigenvalue weighted by Gasteiger charge is 2.35. The Bertz CT molecular complexity index is 442. The minimum Gasteiger partial charge on any atom is -0.311 e. The zero-order valence-electron chi connectivity index (χ0n) is 13.0. The molecule has 2 fully saturated rings. The van der Waals surface area contributed by atoms with Crippen molar-refractivity contribution in [2.45, 2.75) is 56.5 Å². The van der Waals surface area contributed by atoms with E-state index in [-0.39, 0.29) is 0 Å². The Hall–Kier alpha value is -0.860. The quantitative estimate of drug-likeness (QED) is 0.852. The minimum atomic E-state index is 0.397. The maximum Gasteiger partial charge on any atom is 0.0328 e. The topological polar surface area (TPSA) is 15.3 Å². The number of hydrogen-bond donors (Lipinski definition) is 1. The Morgan fingerprint density at radius 1 is 1.20 bits per heavy atom.